The molecule has 5 heterocycles. The van der Waals surface area contributed by atoms with Gasteiger partial charge in [0.1, 0.15) is 16.8 Å². The summed E-state index contributed by atoms with van der Waals surface area (Å²) in [7, 11) is -2.56. The SMILES string of the molecule is Cn1[nH]c(=O)c(=O)nc1SCC1=C(C(=O)O)N2C(=O)[C@@](NO)(NC(=O)C(NC(=O)N3CCN(S(C)(=O)=O)C3=O)c3csnn3)[C@@H]2SC1. The van der Waals surface area contributed by atoms with E-state index in [1.54, 1.807) is 5.48 Å². The van der Waals surface area contributed by atoms with Crippen LogP contribution in [0.3, 0.4) is 0 Å². The van der Waals surface area contributed by atoms with Crippen molar-refractivity contribution < 1.29 is 42.7 Å². The Hall–Kier alpha value is -4.37. The molecule has 5 rings (SSSR count). The van der Waals surface area contributed by atoms with Crippen LogP contribution in [0.5, 0.6) is 0 Å². The molecule has 22 nitrogen and oxygen atoms in total. The lowest BCUT2D eigenvalue weighted by Crippen LogP contribution is -2.85. The smallest absolute Gasteiger partial charge is 0.352 e. The zero-order valence-corrected chi connectivity index (χ0v) is 27.2. The Morgan fingerprint density at radius 3 is 2.55 bits per heavy atom. The van der Waals surface area contributed by atoms with Crippen LogP contribution in [0.1, 0.15) is 11.7 Å². The van der Waals surface area contributed by atoms with Gasteiger partial charge in [0.25, 0.3) is 11.8 Å². The first-order valence-corrected chi connectivity index (χ1v) is 17.6. The molecule has 26 heteroatoms. The Balaban J connectivity index is 1.36. The van der Waals surface area contributed by atoms with E-state index in [1.807, 2.05) is 0 Å². The number of amides is 6. The lowest BCUT2D eigenvalue weighted by atomic mass is 9.95. The van der Waals surface area contributed by atoms with Gasteiger partial charge in [-0.05, 0) is 17.1 Å². The number of sulfonamides is 1. The Labute approximate surface area is 274 Å². The molecule has 0 bridgehead atoms. The van der Waals surface area contributed by atoms with E-state index in [-0.39, 0.29) is 41.0 Å². The van der Waals surface area contributed by atoms with Crippen LogP contribution in [-0.4, -0.2) is 129 Å². The first-order chi connectivity index (χ1) is 22.1. The highest BCUT2D eigenvalue weighted by Crippen LogP contribution is 2.45. The molecule has 0 aromatic carbocycles. The molecular weight excluding hydrogens is 711 g/mol. The molecule has 6 N–H and O–H groups in total. The molecule has 2 fully saturated rings. The first-order valence-electron chi connectivity index (χ1n) is 12.9. The van der Waals surface area contributed by atoms with Gasteiger partial charge in [-0.25, -0.2) is 32.0 Å². The Kier molecular flexibility index (Phi) is 9.16. The van der Waals surface area contributed by atoms with Gasteiger partial charge in [0, 0.05) is 23.9 Å². The number of aromatic nitrogens is 5. The van der Waals surface area contributed by atoms with Crippen molar-refractivity contribution in [2.24, 2.45) is 7.05 Å². The predicted molar refractivity (Wildman–Crippen MR) is 159 cm³/mol. The largest absolute Gasteiger partial charge is 0.477 e. The first kappa shape index (κ1) is 34.0. The summed E-state index contributed by atoms with van der Waals surface area (Å²) >= 11 is 2.69. The van der Waals surface area contributed by atoms with Crippen LogP contribution in [-0.2, 0) is 31.5 Å². The highest BCUT2D eigenvalue weighted by atomic mass is 32.2. The zero-order valence-electron chi connectivity index (χ0n) is 23.9. The minimum atomic E-state index is -3.98. The molecule has 3 aliphatic heterocycles. The summed E-state index contributed by atoms with van der Waals surface area (Å²) in [4.78, 5) is 93.2. The second kappa shape index (κ2) is 12.7. The van der Waals surface area contributed by atoms with E-state index in [0.717, 1.165) is 46.2 Å². The van der Waals surface area contributed by atoms with Crippen LogP contribution < -0.4 is 27.2 Å². The van der Waals surface area contributed by atoms with Gasteiger partial charge in [-0.3, -0.25) is 33.9 Å². The van der Waals surface area contributed by atoms with E-state index in [4.69, 9.17) is 0 Å². The number of fused-ring (bicyclic) bond motifs is 1. The normalized spacial score (nSPS) is 21.8. The maximum Gasteiger partial charge on any atom is 0.352 e. The number of H-pyrrole nitrogens is 1. The van der Waals surface area contributed by atoms with Gasteiger partial charge >= 0.3 is 29.2 Å². The summed E-state index contributed by atoms with van der Waals surface area (Å²) in [6.45, 7) is -0.643. The molecule has 3 atom stereocenters. The fourth-order valence-corrected chi connectivity index (χ4v) is 8.51. The van der Waals surface area contributed by atoms with Gasteiger partial charge in [0.05, 0.1) is 19.3 Å². The molecule has 2 saturated heterocycles. The number of hydroxylamine groups is 1. The summed E-state index contributed by atoms with van der Waals surface area (Å²) in [6.07, 6.45) is 0.785. The van der Waals surface area contributed by atoms with Gasteiger partial charge in [0.15, 0.2) is 11.2 Å². The van der Waals surface area contributed by atoms with Crippen LogP contribution in [0.2, 0.25) is 0 Å². The van der Waals surface area contributed by atoms with Crippen molar-refractivity contribution in [1.82, 2.24) is 54.6 Å². The van der Waals surface area contributed by atoms with E-state index in [0.29, 0.717) is 9.21 Å². The second-order valence-electron chi connectivity index (χ2n) is 9.97. The van der Waals surface area contributed by atoms with Crippen molar-refractivity contribution in [2.45, 2.75) is 22.2 Å². The summed E-state index contributed by atoms with van der Waals surface area (Å²) in [5, 5.41) is 30.9. The van der Waals surface area contributed by atoms with Gasteiger partial charge < -0.3 is 20.9 Å². The lowest BCUT2D eigenvalue weighted by Gasteiger charge is -2.56. The molecule has 1 unspecified atom stereocenters. The van der Waals surface area contributed by atoms with E-state index < -0.39 is 73.8 Å². The molecule has 252 valence electrons. The fraction of sp³-hybridized carbons (Fsp3) is 0.429. The number of carboxylic acids is 1. The number of carbonyl (C=O) groups is 5. The third-order valence-corrected chi connectivity index (χ3v) is 11.2. The summed E-state index contributed by atoms with van der Waals surface area (Å²) < 4.78 is 29.0. The van der Waals surface area contributed by atoms with Crippen molar-refractivity contribution >= 4 is 74.9 Å². The van der Waals surface area contributed by atoms with Crippen LogP contribution in [0.25, 0.3) is 0 Å². The number of imide groups is 1. The number of β-lactam (4-membered cyclic amide) rings is 1. The van der Waals surface area contributed by atoms with Gasteiger partial charge in [0.2, 0.25) is 15.7 Å². The molecule has 0 spiro atoms. The minimum absolute atomic E-state index is 0.0240. The standard InChI is InChI=1S/C21H23N11O11S4/c1-29-19(23-13(34)14(35)26-29)45-6-8-5-44-17-21(27-41,16(38)32(17)11(8)15(36)37)24-12(33)10(9-7-46-28-25-9)22-18(39)30-3-4-31(20(30)40)47(2,42)43/h7,10,17,27,41H,3-6H2,1-2H3,(H,22,39)(H,24,33)(H,26,35)(H,36,37)/t10?,17-,21-/m0/s1. The summed E-state index contributed by atoms with van der Waals surface area (Å²) in [5.41, 5.74) is -2.87. The van der Waals surface area contributed by atoms with Crippen LogP contribution in [0.15, 0.2) is 31.4 Å². The maximum absolute atomic E-state index is 13.6. The lowest BCUT2D eigenvalue weighted by molar-refractivity contribution is -0.171. The van der Waals surface area contributed by atoms with Gasteiger partial charge in [-0.2, -0.15) is 10.5 Å². The highest BCUT2D eigenvalue weighted by Gasteiger charge is 2.66. The summed E-state index contributed by atoms with van der Waals surface area (Å²) in [6, 6.07) is -4.03. The van der Waals surface area contributed by atoms with Crippen molar-refractivity contribution in [1.29, 1.82) is 0 Å². The number of aromatic amines is 1. The average molecular weight is 734 g/mol. The van der Waals surface area contributed by atoms with Crippen LogP contribution >= 0.6 is 35.1 Å². The molecule has 47 heavy (non-hydrogen) atoms. The number of nitrogens with one attached hydrogen (secondary N) is 4. The number of carbonyl (C=O) groups excluding carboxylic acids is 4. The molecule has 3 aliphatic rings. The van der Waals surface area contributed by atoms with E-state index >= 15 is 0 Å². The predicted octanol–water partition coefficient (Wildman–Crippen LogP) is -3.39. The molecule has 0 saturated carbocycles. The van der Waals surface area contributed by atoms with Gasteiger partial charge in [-0.1, -0.05) is 16.3 Å². The average Bonchev–Trinajstić information content (AvgIpc) is 3.69. The molecule has 0 aliphatic carbocycles. The Morgan fingerprint density at radius 1 is 1.23 bits per heavy atom. The maximum atomic E-state index is 13.6. The third-order valence-electron chi connectivity index (χ3n) is 6.99. The Bertz CT molecular complexity index is 1930. The monoisotopic (exact) mass is 733 g/mol. The van der Waals surface area contributed by atoms with Crippen molar-refractivity contribution in [3.05, 3.63) is 43.1 Å². The minimum Gasteiger partial charge on any atom is -0.477 e. The number of nitrogens with zero attached hydrogens (tertiary/aromatic N) is 7. The molecule has 2 aromatic heterocycles. The summed E-state index contributed by atoms with van der Waals surface area (Å²) in [5.74, 6) is -3.80. The van der Waals surface area contributed by atoms with Crippen molar-refractivity contribution in [3.8, 4) is 0 Å². The van der Waals surface area contributed by atoms with Crippen molar-refractivity contribution in [2.75, 3.05) is 30.9 Å². The van der Waals surface area contributed by atoms with Crippen LogP contribution in [0.4, 0.5) is 9.59 Å². The fourth-order valence-electron chi connectivity index (χ4n) is 4.77. The molecular formula is C21H23N11O11S4. The Morgan fingerprint density at radius 2 is 1.96 bits per heavy atom. The number of hydrogen-bond acceptors (Lipinski definition) is 17. The number of thioether (sulfide) groups is 2. The third kappa shape index (κ3) is 6.09. The number of hydrogen-bond donors (Lipinski definition) is 6. The topological polar surface area (TPSA) is 299 Å². The van der Waals surface area contributed by atoms with E-state index in [9.17, 15) is 52.3 Å². The molecule has 2 aromatic rings. The number of urea groups is 2. The number of aliphatic carboxylic acids is 1. The van der Waals surface area contributed by atoms with Crippen LogP contribution in [0, 0.1) is 0 Å². The molecule has 6 amide bonds. The number of rotatable bonds is 10. The molecule has 0 radical (unpaired) electrons. The second-order valence-corrected chi connectivity index (χ2v) is 14.5. The van der Waals surface area contributed by atoms with E-state index in [2.05, 4.69) is 30.3 Å². The number of aryl methyl sites for hydroxylation is 1. The quantitative estimate of drug-likeness (QED) is 0.0456. The van der Waals surface area contributed by atoms with Gasteiger partial charge in [-0.15, -0.1) is 16.9 Å². The number of carboxylic acid groups (broad SMARTS) is 1. The zero-order chi connectivity index (χ0) is 34.4. The highest BCUT2D eigenvalue weighted by molar-refractivity contribution is 8.01. The van der Waals surface area contributed by atoms with Crippen molar-refractivity contribution in [3.63, 3.8) is 0 Å². The van der Waals surface area contributed by atoms with E-state index in [1.165, 1.54) is 17.1 Å².